The first-order valence-corrected chi connectivity index (χ1v) is 11.5. The van der Waals surface area contributed by atoms with Crippen LogP contribution >= 0.6 is 0 Å². The lowest BCUT2D eigenvalue weighted by Crippen LogP contribution is -2.50. The number of benzene rings is 1. The summed E-state index contributed by atoms with van der Waals surface area (Å²) < 4.78 is 5.46. The first kappa shape index (κ1) is 22.9. The highest BCUT2D eigenvalue weighted by atomic mass is 16.6. The summed E-state index contributed by atoms with van der Waals surface area (Å²) in [6, 6.07) is 12.0. The van der Waals surface area contributed by atoms with E-state index in [1.165, 1.54) is 12.8 Å². The van der Waals surface area contributed by atoms with E-state index in [9.17, 15) is 9.59 Å². The Labute approximate surface area is 195 Å². The molecule has 0 unspecified atom stereocenters. The highest BCUT2D eigenvalue weighted by molar-refractivity contribution is 6.04. The Bertz CT molecular complexity index is 973. The molecule has 1 saturated heterocycles. The standard InChI is InChI=1S/C25H33N5O3/c1-25(2,3)33-24(32)30-15-13-29(14-16-30)21-8-5-18(6-9-21)23(31)27-19-7-12-22(26-17-19)28(4)20-10-11-20/h5-9,12,17,20H,10-11,13-16H2,1-4H3,(H,27,31). The zero-order chi connectivity index (χ0) is 23.6. The number of amides is 2. The number of ether oxygens (including phenoxy) is 1. The molecule has 0 radical (unpaired) electrons. The topological polar surface area (TPSA) is 78.0 Å². The second-order valence-electron chi connectivity index (χ2n) is 9.70. The van der Waals surface area contributed by atoms with Crippen LogP contribution in [0.1, 0.15) is 44.0 Å². The number of nitrogens with one attached hydrogen (secondary N) is 1. The zero-order valence-electron chi connectivity index (χ0n) is 19.9. The van der Waals surface area contributed by atoms with Crippen LogP contribution in [0.3, 0.4) is 0 Å². The molecular formula is C25H33N5O3. The second kappa shape index (κ2) is 9.29. The van der Waals surface area contributed by atoms with Gasteiger partial charge in [-0.1, -0.05) is 0 Å². The lowest BCUT2D eigenvalue weighted by molar-refractivity contribution is 0.0240. The summed E-state index contributed by atoms with van der Waals surface area (Å²) in [5, 5.41) is 2.91. The molecule has 1 saturated carbocycles. The average Bonchev–Trinajstić information content (AvgIpc) is 3.64. The van der Waals surface area contributed by atoms with E-state index in [1.807, 2.05) is 57.2 Å². The van der Waals surface area contributed by atoms with Gasteiger partial charge < -0.3 is 24.8 Å². The van der Waals surface area contributed by atoms with Crippen molar-refractivity contribution in [3.05, 3.63) is 48.2 Å². The van der Waals surface area contributed by atoms with Gasteiger partial charge in [-0.05, 0) is 70.0 Å². The number of rotatable bonds is 5. The molecule has 1 N–H and O–H groups in total. The lowest BCUT2D eigenvalue weighted by atomic mass is 10.1. The average molecular weight is 452 g/mol. The minimum atomic E-state index is -0.490. The van der Waals surface area contributed by atoms with Gasteiger partial charge in [0.1, 0.15) is 11.4 Å². The van der Waals surface area contributed by atoms with Crippen LogP contribution in [-0.4, -0.2) is 66.8 Å². The summed E-state index contributed by atoms with van der Waals surface area (Å²) in [7, 11) is 2.05. The van der Waals surface area contributed by atoms with E-state index < -0.39 is 5.60 Å². The first-order valence-electron chi connectivity index (χ1n) is 11.5. The molecule has 1 aromatic heterocycles. The largest absolute Gasteiger partial charge is 0.444 e. The zero-order valence-corrected chi connectivity index (χ0v) is 19.9. The molecule has 8 heteroatoms. The van der Waals surface area contributed by atoms with Crippen LogP contribution in [0.5, 0.6) is 0 Å². The molecule has 0 atom stereocenters. The van der Waals surface area contributed by atoms with Gasteiger partial charge in [0, 0.05) is 50.5 Å². The van der Waals surface area contributed by atoms with E-state index in [1.54, 1.807) is 11.1 Å². The highest BCUT2D eigenvalue weighted by Gasteiger charge is 2.27. The molecule has 2 fully saturated rings. The van der Waals surface area contributed by atoms with Crippen LogP contribution in [0.15, 0.2) is 42.6 Å². The Morgan fingerprint density at radius 2 is 1.70 bits per heavy atom. The van der Waals surface area contributed by atoms with Gasteiger partial charge in [0.25, 0.3) is 5.91 Å². The van der Waals surface area contributed by atoms with Crippen LogP contribution in [0.25, 0.3) is 0 Å². The summed E-state index contributed by atoms with van der Waals surface area (Å²) >= 11 is 0. The molecule has 176 valence electrons. The quantitative estimate of drug-likeness (QED) is 0.741. The fourth-order valence-electron chi connectivity index (χ4n) is 3.82. The molecule has 1 aromatic carbocycles. The number of nitrogens with zero attached hydrogens (tertiary/aromatic N) is 4. The van der Waals surface area contributed by atoms with Crippen LogP contribution in [0.4, 0.5) is 22.0 Å². The maximum atomic E-state index is 12.6. The number of anilines is 3. The number of hydrogen-bond donors (Lipinski definition) is 1. The molecule has 2 aromatic rings. The molecule has 1 aliphatic carbocycles. The maximum Gasteiger partial charge on any atom is 0.410 e. The molecule has 2 amide bonds. The van der Waals surface area contributed by atoms with E-state index in [2.05, 4.69) is 27.1 Å². The lowest BCUT2D eigenvalue weighted by Gasteiger charge is -2.36. The predicted octanol–water partition coefficient (Wildman–Crippen LogP) is 3.99. The van der Waals surface area contributed by atoms with Gasteiger partial charge in [-0.3, -0.25) is 4.79 Å². The van der Waals surface area contributed by atoms with Gasteiger partial charge in [0.15, 0.2) is 0 Å². The number of carbonyl (C=O) groups is 2. The van der Waals surface area contributed by atoms with E-state index in [-0.39, 0.29) is 12.0 Å². The minimum Gasteiger partial charge on any atom is -0.444 e. The third-order valence-electron chi connectivity index (χ3n) is 5.89. The van der Waals surface area contributed by atoms with Crippen molar-refractivity contribution in [1.82, 2.24) is 9.88 Å². The fraction of sp³-hybridized carbons (Fsp3) is 0.480. The van der Waals surface area contributed by atoms with E-state index in [4.69, 9.17) is 4.74 Å². The summed E-state index contributed by atoms with van der Waals surface area (Å²) in [5.74, 6) is 0.757. The van der Waals surface area contributed by atoms with Gasteiger partial charge >= 0.3 is 6.09 Å². The van der Waals surface area contributed by atoms with Crippen molar-refractivity contribution in [2.45, 2.75) is 45.3 Å². The number of carbonyl (C=O) groups excluding carboxylic acids is 2. The van der Waals surface area contributed by atoms with Crippen molar-refractivity contribution >= 4 is 29.2 Å². The molecule has 2 heterocycles. The van der Waals surface area contributed by atoms with Crippen LogP contribution in [0.2, 0.25) is 0 Å². The maximum absolute atomic E-state index is 12.6. The predicted molar refractivity (Wildman–Crippen MR) is 130 cm³/mol. The Balaban J connectivity index is 1.29. The van der Waals surface area contributed by atoms with Gasteiger partial charge in [-0.2, -0.15) is 0 Å². The SMILES string of the molecule is CN(c1ccc(NC(=O)c2ccc(N3CCN(C(=O)OC(C)(C)C)CC3)cc2)cn1)C1CC1. The van der Waals surface area contributed by atoms with Gasteiger partial charge in [0.05, 0.1) is 11.9 Å². The van der Waals surface area contributed by atoms with Gasteiger partial charge in [-0.25, -0.2) is 9.78 Å². The molecule has 8 nitrogen and oxygen atoms in total. The van der Waals surface area contributed by atoms with Crippen molar-refractivity contribution in [1.29, 1.82) is 0 Å². The minimum absolute atomic E-state index is 0.165. The smallest absolute Gasteiger partial charge is 0.410 e. The Hall–Kier alpha value is -3.29. The van der Waals surface area contributed by atoms with Gasteiger partial charge in [0.2, 0.25) is 0 Å². The van der Waals surface area contributed by atoms with E-state index in [0.29, 0.717) is 30.4 Å². The normalized spacial score (nSPS) is 16.4. The third-order valence-corrected chi connectivity index (χ3v) is 5.89. The third kappa shape index (κ3) is 5.94. The summed E-state index contributed by atoms with van der Waals surface area (Å²) in [6.07, 6.45) is 3.86. The van der Waals surface area contributed by atoms with E-state index >= 15 is 0 Å². The Morgan fingerprint density at radius 3 is 2.24 bits per heavy atom. The number of pyridine rings is 1. The van der Waals surface area contributed by atoms with Crippen molar-refractivity contribution in [2.75, 3.05) is 48.3 Å². The Morgan fingerprint density at radius 1 is 1.03 bits per heavy atom. The van der Waals surface area contributed by atoms with Crippen molar-refractivity contribution < 1.29 is 14.3 Å². The summed E-state index contributed by atoms with van der Waals surface area (Å²) in [4.78, 5) is 35.5. The summed E-state index contributed by atoms with van der Waals surface area (Å²) in [6.45, 7) is 8.27. The van der Waals surface area contributed by atoms with Crippen molar-refractivity contribution in [3.8, 4) is 0 Å². The molecule has 0 spiro atoms. The fourth-order valence-corrected chi connectivity index (χ4v) is 3.82. The van der Waals surface area contributed by atoms with Crippen molar-refractivity contribution in [3.63, 3.8) is 0 Å². The van der Waals surface area contributed by atoms with Crippen LogP contribution in [0, 0.1) is 0 Å². The molecule has 0 bridgehead atoms. The van der Waals surface area contributed by atoms with Crippen molar-refractivity contribution in [2.24, 2.45) is 0 Å². The summed E-state index contributed by atoms with van der Waals surface area (Å²) in [5.41, 5.74) is 1.81. The number of hydrogen-bond acceptors (Lipinski definition) is 6. The van der Waals surface area contributed by atoms with Crippen LogP contribution in [-0.2, 0) is 4.74 Å². The second-order valence-corrected chi connectivity index (χ2v) is 9.70. The molecule has 4 rings (SSSR count). The monoisotopic (exact) mass is 451 g/mol. The molecule has 1 aliphatic heterocycles. The first-order chi connectivity index (χ1) is 15.7. The Kier molecular flexibility index (Phi) is 6.44. The highest BCUT2D eigenvalue weighted by Crippen LogP contribution is 2.29. The van der Waals surface area contributed by atoms with Crippen LogP contribution < -0.4 is 15.1 Å². The molecular weight excluding hydrogens is 418 g/mol. The molecule has 33 heavy (non-hydrogen) atoms. The van der Waals surface area contributed by atoms with E-state index in [0.717, 1.165) is 24.6 Å². The number of aromatic nitrogens is 1. The molecule has 2 aliphatic rings. The van der Waals surface area contributed by atoms with Gasteiger partial charge in [-0.15, -0.1) is 0 Å². The number of piperazine rings is 1.